The third kappa shape index (κ3) is 17.7. The molecule has 3 aromatic rings. The highest BCUT2D eigenvalue weighted by atomic mass is 35.5. The maximum Gasteiger partial charge on any atom is 0.280 e. The van der Waals surface area contributed by atoms with Gasteiger partial charge in [-0.3, -0.25) is 34.8 Å². The largest absolute Gasteiger partial charge is 0.394 e. The number of nitrogens with zero attached hydrogens (tertiary/aromatic N) is 3. The SMILES string of the molecule is CC(=O)C(=O)[C@H](CCN(C[C@H](O)[C@@H](O)[C@H](O)[C@H](O)CO)C[C@H](O)[C@@H](O)[C@H](O)[C@H](O)CO)NC(=O)CCc1ccc(-c2ccc(CCCCNC(=N)NC(=O)c3nc(Cl)c(N)nc3N)cc2)cc1. The van der Waals surface area contributed by atoms with Crippen LogP contribution < -0.4 is 27.4 Å². The Labute approximate surface area is 391 Å². The minimum atomic E-state index is -2.04. The summed E-state index contributed by atoms with van der Waals surface area (Å²) in [7, 11) is 0. The number of nitrogen functional groups attached to an aromatic ring is 2. The van der Waals surface area contributed by atoms with E-state index >= 15 is 0 Å². The van der Waals surface area contributed by atoms with Crippen LogP contribution in [0.1, 0.15) is 54.2 Å². The molecule has 1 heterocycles. The fraction of sp³-hybridized carbons (Fsp3) is 0.512. The molecule has 9 atom stereocenters. The van der Waals surface area contributed by atoms with Crippen LogP contribution in [0.5, 0.6) is 0 Å². The van der Waals surface area contributed by atoms with Crippen LogP contribution in [0.2, 0.25) is 5.15 Å². The summed E-state index contributed by atoms with van der Waals surface area (Å²) in [4.78, 5) is 59.3. The lowest BCUT2D eigenvalue weighted by molar-refractivity contribution is -0.138. The van der Waals surface area contributed by atoms with Gasteiger partial charge in [0.25, 0.3) is 5.91 Å². The number of aryl methyl sites for hydroxylation is 2. The van der Waals surface area contributed by atoms with Crippen LogP contribution in [0.4, 0.5) is 11.6 Å². The first-order chi connectivity index (χ1) is 31.7. The maximum absolute atomic E-state index is 13.1. The summed E-state index contributed by atoms with van der Waals surface area (Å²) in [5.41, 5.74) is 14.7. The van der Waals surface area contributed by atoms with Gasteiger partial charge in [-0.15, -0.1) is 0 Å². The molecule has 0 spiro atoms. The van der Waals surface area contributed by atoms with E-state index in [1.807, 2.05) is 48.5 Å². The molecule has 0 aliphatic carbocycles. The predicted molar refractivity (Wildman–Crippen MR) is 243 cm³/mol. The number of carbonyl (C=O) groups is 4. The summed E-state index contributed by atoms with van der Waals surface area (Å²) < 4.78 is 0. The van der Waals surface area contributed by atoms with Crippen molar-refractivity contribution in [2.75, 3.05) is 50.9 Å². The second kappa shape index (κ2) is 27.5. The topological polar surface area (TPSA) is 412 Å². The number of guanidine groups is 1. The molecule has 1 aromatic heterocycles. The maximum atomic E-state index is 13.1. The summed E-state index contributed by atoms with van der Waals surface area (Å²) in [6.07, 6.45) is -13.3. The minimum Gasteiger partial charge on any atom is -0.394 e. The zero-order valence-electron chi connectivity index (χ0n) is 36.8. The number of aliphatic hydroxyl groups is 10. The van der Waals surface area contributed by atoms with Crippen LogP contribution in [0.25, 0.3) is 11.1 Å². The van der Waals surface area contributed by atoms with Gasteiger partial charge in [0.05, 0.1) is 31.5 Å². The smallest absolute Gasteiger partial charge is 0.280 e. The number of ketones is 2. The Morgan fingerprint density at radius 3 is 1.70 bits per heavy atom. The summed E-state index contributed by atoms with van der Waals surface area (Å²) in [5, 5.41) is 115. The Kier molecular flexibility index (Phi) is 23.0. The number of hydrogen-bond acceptors (Lipinski definition) is 20. The van der Waals surface area contributed by atoms with E-state index in [1.165, 1.54) is 0 Å². The van der Waals surface area contributed by atoms with E-state index in [-0.39, 0.29) is 54.2 Å². The lowest BCUT2D eigenvalue weighted by Crippen LogP contribution is -2.54. The molecular weight excluding hydrogens is 902 g/mol. The summed E-state index contributed by atoms with van der Waals surface area (Å²) >= 11 is 5.82. The molecule has 24 heteroatoms. The number of amides is 2. The van der Waals surface area contributed by atoms with Crippen molar-refractivity contribution in [2.45, 2.75) is 100 Å². The van der Waals surface area contributed by atoms with Gasteiger partial charge >= 0.3 is 0 Å². The molecular formula is C43H62ClN9O14. The molecule has 0 unspecified atom stereocenters. The number of hydrogen-bond donors (Lipinski definition) is 16. The van der Waals surface area contributed by atoms with Crippen molar-refractivity contribution < 1.29 is 70.2 Å². The molecule has 370 valence electrons. The van der Waals surface area contributed by atoms with Gasteiger partial charge in [0.2, 0.25) is 11.7 Å². The van der Waals surface area contributed by atoms with Gasteiger partial charge in [0.1, 0.15) is 36.6 Å². The Hall–Kier alpha value is -5.28. The van der Waals surface area contributed by atoms with E-state index in [9.17, 15) is 60.0 Å². The van der Waals surface area contributed by atoms with Crippen LogP contribution in [-0.4, -0.2) is 190 Å². The normalized spacial score (nSPS) is 15.6. The highest BCUT2D eigenvalue weighted by molar-refractivity contribution is 6.38. The number of nitrogens with two attached hydrogens (primary N) is 2. The second-order valence-corrected chi connectivity index (χ2v) is 16.3. The molecule has 67 heavy (non-hydrogen) atoms. The fourth-order valence-corrected chi connectivity index (χ4v) is 6.83. The number of rotatable bonds is 28. The number of unbranched alkanes of at least 4 members (excludes halogenated alkanes) is 1. The quantitative estimate of drug-likeness (QED) is 0.0145. The first-order valence-corrected chi connectivity index (χ1v) is 21.7. The minimum absolute atomic E-state index is 0.0834. The monoisotopic (exact) mass is 963 g/mol. The zero-order valence-corrected chi connectivity index (χ0v) is 37.5. The van der Waals surface area contributed by atoms with Gasteiger partial charge in [0, 0.05) is 39.5 Å². The van der Waals surface area contributed by atoms with E-state index in [4.69, 9.17) is 38.7 Å². The van der Waals surface area contributed by atoms with E-state index in [1.54, 1.807) is 0 Å². The molecule has 0 aliphatic rings. The summed E-state index contributed by atoms with van der Waals surface area (Å²) in [5.74, 6) is -3.76. The number of nitrogens with one attached hydrogen (secondary N) is 4. The lowest BCUT2D eigenvalue weighted by atomic mass is 9.99. The molecule has 3 rings (SSSR count). The molecule has 2 aromatic carbocycles. The Morgan fingerprint density at radius 1 is 0.716 bits per heavy atom. The fourth-order valence-electron chi connectivity index (χ4n) is 6.70. The average molecular weight is 964 g/mol. The molecule has 2 amide bonds. The molecule has 0 saturated heterocycles. The molecule has 0 radical (unpaired) electrons. The first-order valence-electron chi connectivity index (χ1n) is 21.3. The van der Waals surface area contributed by atoms with Crippen molar-refractivity contribution >= 4 is 52.6 Å². The van der Waals surface area contributed by atoms with E-state index in [0.717, 1.165) is 46.9 Å². The third-order valence-corrected chi connectivity index (χ3v) is 11.0. The van der Waals surface area contributed by atoms with Crippen molar-refractivity contribution in [3.63, 3.8) is 0 Å². The van der Waals surface area contributed by atoms with Crippen LogP contribution in [0, 0.1) is 5.41 Å². The van der Waals surface area contributed by atoms with Crippen molar-refractivity contribution in [2.24, 2.45) is 0 Å². The number of aliphatic hydroxyl groups excluding tert-OH is 10. The second-order valence-electron chi connectivity index (χ2n) is 15.9. The van der Waals surface area contributed by atoms with Crippen molar-refractivity contribution in [1.82, 2.24) is 30.8 Å². The molecule has 23 nitrogen and oxygen atoms in total. The standard InChI is InChI=1S/C43H62ClN9O14/c1-22(56)34(62)27(15-17-53(18-28(57)35(63)37(65)30(59)20-54)19-29(58)36(64)38(66)31(60)21-55)49-32(61)14-9-24-7-12-26(13-8-24)25-10-5-23(6-11-25)4-2-3-16-48-43(47)52-42(67)33-40(45)51-41(46)39(44)50-33/h5-8,10-13,27-31,35-38,54-55,57-60,63-66H,2-4,9,14-21H2,1H3,(H,49,61)(H4,45,46,51)(H3,47,48,52,67)/t27-,28-,29-,30+,31+,35+,36+,37+,38+/m0/s1. The Bertz CT molecular complexity index is 2060. The molecule has 0 fully saturated rings. The predicted octanol–water partition coefficient (Wildman–Crippen LogP) is -3.62. The number of carbonyl (C=O) groups excluding carboxylic acids is 4. The van der Waals surface area contributed by atoms with Gasteiger partial charge in [-0.25, -0.2) is 9.97 Å². The number of Topliss-reactive ketones (excluding diaryl/α,β-unsaturated/α-hetero) is 2. The number of anilines is 2. The van der Waals surface area contributed by atoms with Crippen LogP contribution in [-0.2, 0) is 27.2 Å². The van der Waals surface area contributed by atoms with Gasteiger partial charge in [-0.2, -0.15) is 0 Å². The van der Waals surface area contributed by atoms with Crippen LogP contribution >= 0.6 is 11.6 Å². The van der Waals surface area contributed by atoms with Crippen LogP contribution in [0.3, 0.4) is 0 Å². The van der Waals surface area contributed by atoms with Crippen LogP contribution in [0.15, 0.2) is 48.5 Å². The highest BCUT2D eigenvalue weighted by Crippen LogP contribution is 2.22. The van der Waals surface area contributed by atoms with Crippen molar-refractivity contribution in [3.05, 3.63) is 70.5 Å². The van der Waals surface area contributed by atoms with Gasteiger partial charge in [-0.05, 0) is 54.4 Å². The number of benzene rings is 2. The lowest BCUT2D eigenvalue weighted by Gasteiger charge is -2.34. The number of halogens is 1. The third-order valence-electron chi connectivity index (χ3n) is 10.7. The van der Waals surface area contributed by atoms with E-state index < -0.39 is 105 Å². The zero-order chi connectivity index (χ0) is 50.0. The molecule has 0 saturated carbocycles. The van der Waals surface area contributed by atoms with Gasteiger partial charge < -0.3 is 73.2 Å². The highest BCUT2D eigenvalue weighted by Gasteiger charge is 2.35. The van der Waals surface area contributed by atoms with Gasteiger partial charge in [-0.1, -0.05) is 60.1 Å². The summed E-state index contributed by atoms with van der Waals surface area (Å²) in [6.45, 7) is -2.00. The molecule has 18 N–H and O–H groups in total. The average Bonchev–Trinajstić information content (AvgIpc) is 3.31. The Morgan fingerprint density at radius 2 is 1.21 bits per heavy atom. The Balaban J connectivity index is 1.53. The van der Waals surface area contributed by atoms with Crippen molar-refractivity contribution in [1.29, 1.82) is 5.41 Å². The molecule has 0 bridgehead atoms. The van der Waals surface area contributed by atoms with Gasteiger partial charge in [0.15, 0.2) is 34.2 Å². The van der Waals surface area contributed by atoms with Crippen molar-refractivity contribution in [3.8, 4) is 11.1 Å². The first kappa shape index (κ1) is 56.0. The summed E-state index contributed by atoms with van der Waals surface area (Å²) in [6, 6.07) is 14.1. The van der Waals surface area contributed by atoms with E-state index in [0.29, 0.717) is 13.0 Å². The van der Waals surface area contributed by atoms with E-state index in [2.05, 4.69) is 25.9 Å². The molecule has 0 aliphatic heterocycles. The number of aromatic nitrogens is 2.